The lowest BCUT2D eigenvalue weighted by molar-refractivity contribution is -0.150. The van der Waals surface area contributed by atoms with Crippen LogP contribution in [0.15, 0.2) is 48.7 Å². The van der Waals surface area contributed by atoms with Gasteiger partial charge >= 0.3 is 0 Å². The fourth-order valence-electron chi connectivity index (χ4n) is 4.84. The predicted octanol–water partition coefficient (Wildman–Crippen LogP) is 2.91. The number of carbonyl (C=O) groups is 3. The average Bonchev–Trinajstić information content (AvgIpc) is 3.21. The summed E-state index contributed by atoms with van der Waals surface area (Å²) in [5, 5.41) is 2.92. The highest BCUT2D eigenvalue weighted by atomic mass is 16.5. The molecule has 2 aromatic rings. The molecule has 4 rings (SSSR count). The number of amides is 3. The zero-order chi connectivity index (χ0) is 25.2. The lowest BCUT2D eigenvalue weighted by atomic mass is 9.91. The third-order valence-corrected chi connectivity index (χ3v) is 6.80. The van der Waals surface area contributed by atoms with Gasteiger partial charge < -0.3 is 15.0 Å². The quantitative estimate of drug-likeness (QED) is 0.730. The zero-order valence-electron chi connectivity index (χ0n) is 20.9. The van der Waals surface area contributed by atoms with E-state index in [1.54, 1.807) is 17.2 Å². The van der Waals surface area contributed by atoms with Crippen molar-refractivity contribution in [1.82, 2.24) is 20.1 Å². The number of pyridine rings is 1. The molecule has 1 unspecified atom stereocenters. The van der Waals surface area contributed by atoms with E-state index < -0.39 is 17.2 Å². The molecular formula is C27H34N4O4. The van der Waals surface area contributed by atoms with E-state index in [4.69, 9.17) is 4.74 Å². The molecule has 0 radical (unpaired) electrons. The van der Waals surface area contributed by atoms with Crippen molar-refractivity contribution in [3.63, 3.8) is 0 Å². The maximum absolute atomic E-state index is 13.9. The minimum atomic E-state index is -0.930. The van der Waals surface area contributed by atoms with Crippen molar-refractivity contribution in [1.29, 1.82) is 0 Å². The van der Waals surface area contributed by atoms with Crippen molar-refractivity contribution >= 4 is 17.7 Å². The van der Waals surface area contributed by atoms with Crippen LogP contribution in [0.3, 0.4) is 0 Å². The Bertz CT molecular complexity index is 1090. The Hall–Kier alpha value is -3.26. The standard InChI is InChI=1S/C27H34N4O4/c1-19-9-5-6-11-21(19)24(33)31-22(23(32)29-17-20-10-7-8-14-28-20)18-35-27(31)12-15-30(16-13-27)25(34)26(2,3)4/h5-11,14,22H,12-13,15-18H2,1-4H3,(H,29,32). The number of piperidine rings is 1. The molecule has 186 valence electrons. The number of likely N-dealkylation sites (tertiary alicyclic amines) is 1. The summed E-state index contributed by atoms with van der Waals surface area (Å²) in [7, 11) is 0. The van der Waals surface area contributed by atoms with E-state index in [-0.39, 0.29) is 30.9 Å². The SMILES string of the molecule is Cc1ccccc1C(=O)N1C(C(=O)NCc2ccccn2)COC12CCN(C(=O)C(C)(C)C)CC2. The monoisotopic (exact) mass is 478 g/mol. The van der Waals surface area contributed by atoms with E-state index in [9.17, 15) is 14.4 Å². The van der Waals surface area contributed by atoms with Gasteiger partial charge in [-0.1, -0.05) is 45.0 Å². The molecule has 3 heterocycles. The molecule has 1 spiro atoms. The third-order valence-electron chi connectivity index (χ3n) is 6.80. The largest absolute Gasteiger partial charge is 0.353 e. The van der Waals surface area contributed by atoms with Crippen LogP contribution in [0.1, 0.15) is 55.2 Å². The fraction of sp³-hybridized carbons (Fsp3) is 0.481. The Labute approximate surface area is 206 Å². The van der Waals surface area contributed by atoms with Gasteiger partial charge in [-0.15, -0.1) is 0 Å². The zero-order valence-corrected chi connectivity index (χ0v) is 20.9. The van der Waals surface area contributed by atoms with Gasteiger partial charge in [0.2, 0.25) is 11.8 Å². The molecule has 1 aromatic carbocycles. The van der Waals surface area contributed by atoms with Crippen LogP contribution in [0, 0.1) is 12.3 Å². The molecule has 2 saturated heterocycles. The van der Waals surface area contributed by atoms with Crippen molar-refractivity contribution in [2.75, 3.05) is 19.7 Å². The molecule has 0 aliphatic carbocycles. The first-order valence-electron chi connectivity index (χ1n) is 12.1. The number of ether oxygens (including phenoxy) is 1. The van der Waals surface area contributed by atoms with Gasteiger partial charge in [0.25, 0.3) is 5.91 Å². The molecule has 8 nitrogen and oxygen atoms in total. The fourth-order valence-corrected chi connectivity index (χ4v) is 4.84. The second-order valence-corrected chi connectivity index (χ2v) is 10.3. The van der Waals surface area contributed by atoms with Crippen LogP contribution in [0.4, 0.5) is 0 Å². The van der Waals surface area contributed by atoms with Crippen molar-refractivity contribution in [2.45, 2.75) is 58.8 Å². The smallest absolute Gasteiger partial charge is 0.257 e. The summed E-state index contributed by atoms with van der Waals surface area (Å²) < 4.78 is 6.27. The Morgan fingerprint density at radius 2 is 1.77 bits per heavy atom. The summed E-state index contributed by atoms with van der Waals surface area (Å²) in [6.45, 7) is 8.91. The van der Waals surface area contributed by atoms with Crippen molar-refractivity contribution in [2.24, 2.45) is 5.41 Å². The molecule has 2 aliphatic heterocycles. The van der Waals surface area contributed by atoms with Crippen molar-refractivity contribution in [3.8, 4) is 0 Å². The second kappa shape index (κ2) is 9.77. The number of hydrogen-bond acceptors (Lipinski definition) is 5. The summed E-state index contributed by atoms with van der Waals surface area (Å²) in [5.74, 6) is -0.427. The number of nitrogens with one attached hydrogen (secondary N) is 1. The number of aryl methyl sites for hydroxylation is 1. The molecule has 3 amide bonds. The molecule has 0 bridgehead atoms. The number of aromatic nitrogens is 1. The van der Waals surface area contributed by atoms with E-state index in [0.717, 1.165) is 11.3 Å². The maximum Gasteiger partial charge on any atom is 0.257 e. The molecule has 1 atom stereocenters. The van der Waals surface area contributed by atoms with Crippen LogP contribution in [0.5, 0.6) is 0 Å². The van der Waals surface area contributed by atoms with E-state index in [1.165, 1.54) is 0 Å². The molecule has 8 heteroatoms. The van der Waals surface area contributed by atoms with Gasteiger partial charge in [0, 0.05) is 43.1 Å². The minimum Gasteiger partial charge on any atom is -0.353 e. The summed E-state index contributed by atoms with van der Waals surface area (Å²) >= 11 is 0. The Balaban J connectivity index is 1.58. The molecular weight excluding hydrogens is 444 g/mol. The highest BCUT2D eigenvalue weighted by Gasteiger charge is 2.54. The summed E-state index contributed by atoms with van der Waals surface area (Å²) in [6, 6.07) is 12.1. The second-order valence-electron chi connectivity index (χ2n) is 10.3. The van der Waals surface area contributed by atoms with E-state index in [2.05, 4.69) is 10.3 Å². The first-order valence-corrected chi connectivity index (χ1v) is 12.1. The van der Waals surface area contributed by atoms with Crippen molar-refractivity contribution in [3.05, 3.63) is 65.5 Å². The van der Waals surface area contributed by atoms with Gasteiger partial charge in [0.05, 0.1) is 18.8 Å². The van der Waals surface area contributed by atoms with Gasteiger partial charge in [0.1, 0.15) is 11.8 Å². The lowest BCUT2D eigenvalue weighted by Crippen LogP contribution is -2.60. The van der Waals surface area contributed by atoms with Crippen LogP contribution >= 0.6 is 0 Å². The molecule has 2 aliphatic rings. The third kappa shape index (κ3) is 5.07. The maximum atomic E-state index is 13.9. The Morgan fingerprint density at radius 3 is 2.40 bits per heavy atom. The Kier molecular flexibility index (Phi) is 6.94. The van der Waals surface area contributed by atoms with Gasteiger partial charge in [-0.2, -0.15) is 0 Å². The number of nitrogens with zero attached hydrogens (tertiary/aromatic N) is 3. The predicted molar refractivity (Wildman–Crippen MR) is 131 cm³/mol. The lowest BCUT2D eigenvalue weighted by Gasteiger charge is -2.45. The van der Waals surface area contributed by atoms with Gasteiger partial charge in [-0.25, -0.2) is 0 Å². The number of hydrogen-bond donors (Lipinski definition) is 1. The number of rotatable bonds is 4. The molecule has 1 N–H and O–H groups in total. The van der Waals surface area contributed by atoms with Crippen LogP contribution in [-0.2, 0) is 20.9 Å². The van der Waals surface area contributed by atoms with Crippen LogP contribution in [-0.4, -0.2) is 64.0 Å². The topological polar surface area (TPSA) is 91.8 Å². The van der Waals surface area contributed by atoms with Crippen LogP contribution in [0.2, 0.25) is 0 Å². The van der Waals surface area contributed by atoms with E-state index >= 15 is 0 Å². The Morgan fingerprint density at radius 1 is 1.09 bits per heavy atom. The average molecular weight is 479 g/mol. The normalized spacial score (nSPS) is 19.6. The first-order chi connectivity index (χ1) is 16.6. The van der Waals surface area contributed by atoms with Gasteiger partial charge in [0.15, 0.2) is 0 Å². The molecule has 0 saturated carbocycles. The summed E-state index contributed by atoms with van der Waals surface area (Å²) in [4.78, 5) is 47.7. The summed E-state index contributed by atoms with van der Waals surface area (Å²) in [6.07, 6.45) is 2.59. The summed E-state index contributed by atoms with van der Waals surface area (Å²) in [5.41, 5.74) is 0.716. The van der Waals surface area contributed by atoms with Crippen LogP contribution in [0.25, 0.3) is 0 Å². The molecule has 2 fully saturated rings. The van der Waals surface area contributed by atoms with E-state index in [1.807, 2.05) is 69.0 Å². The number of carbonyl (C=O) groups excluding carboxylic acids is 3. The first kappa shape index (κ1) is 24.9. The molecule has 35 heavy (non-hydrogen) atoms. The van der Waals surface area contributed by atoms with Gasteiger partial charge in [-0.05, 0) is 30.7 Å². The van der Waals surface area contributed by atoms with E-state index in [0.29, 0.717) is 31.5 Å². The van der Waals surface area contributed by atoms with Gasteiger partial charge in [-0.3, -0.25) is 24.3 Å². The highest BCUT2D eigenvalue weighted by molar-refractivity contribution is 5.99. The van der Waals surface area contributed by atoms with Crippen LogP contribution < -0.4 is 5.32 Å². The van der Waals surface area contributed by atoms with Crippen molar-refractivity contribution < 1.29 is 19.1 Å². The highest BCUT2D eigenvalue weighted by Crippen LogP contribution is 2.39. The molecule has 1 aromatic heterocycles. The number of benzene rings is 1. The minimum absolute atomic E-state index is 0.0757.